The van der Waals surface area contributed by atoms with Gasteiger partial charge in [-0.3, -0.25) is 9.59 Å². The Morgan fingerprint density at radius 1 is 1.10 bits per heavy atom. The van der Waals surface area contributed by atoms with Crippen molar-refractivity contribution in [1.29, 1.82) is 0 Å². The summed E-state index contributed by atoms with van der Waals surface area (Å²) in [4.78, 5) is 17.6. The largest absolute Gasteiger partial charge is 0.295 e. The molecule has 0 heterocycles. The molecule has 0 N–H and O–H groups in total. The molecule has 2 nitrogen and oxygen atoms in total. The lowest BCUT2D eigenvalue weighted by Crippen LogP contribution is -1.73. The quantitative estimate of drug-likeness (QED) is 0.534. The normalized spacial score (nSPS) is 7.20. The van der Waals surface area contributed by atoms with Crippen LogP contribution in [0.25, 0.3) is 0 Å². The van der Waals surface area contributed by atoms with Gasteiger partial charge in [0.15, 0.2) is 6.79 Å². The topological polar surface area (TPSA) is 34.1 Å². The van der Waals surface area contributed by atoms with E-state index in [1.807, 2.05) is 6.07 Å². The highest BCUT2D eigenvalue weighted by atomic mass is 16.1. The zero-order valence-electron chi connectivity index (χ0n) is 5.28. The first kappa shape index (κ1) is 8.56. The van der Waals surface area contributed by atoms with Crippen LogP contribution in [-0.2, 0) is 9.59 Å². The highest BCUT2D eigenvalue weighted by Crippen LogP contribution is 1.91. The maximum atomic E-state index is 9.88. The molecule has 0 aliphatic heterocycles. The Labute approximate surface area is 59.5 Å². The van der Waals surface area contributed by atoms with Gasteiger partial charge in [0.1, 0.15) is 0 Å². The molecule has 0 aliphatic rings. The summed E-state index contributed by atoms with van der Waals surface area (Å²) in [5.41, 5.74) is 0.604. The molecular weight excluding hydrogens is 128 g/mol. The van der Waals surface area contributed by atoms with E-state index < -0.39 is 0 Å². The molecule has 0 saturated heterocycles. The van der Waals surface area contributed by atoms with Gasteiger partial charge in [-0.2, -0.15) is 0 Å². The monoisotopic (exact) mass is 134 g/mol. The molecule has 0 unspecified atom stereocenters. The minimum Gasteiger partial charge on any atom is -0.295 e. The molecule has 2 radical (unpaired) electrons. The van der Waals surface area contributed by atoms with Gasteiger partial charge in [0.05, 0.1) is 0 Å². The summed E-state index contributed by atoms with van der Waals surface area (Å²) in [6, 6.07) is 8.90. The van der Waals surface area contributed by atoms with Crippen LogP contribution in [0, 0.1) is 0 Å². The molecule has 2 heteroatoms. The van der Waals surface area contributed by atoms with Gasteiger partial charge in [-0.1, -0.05) is 30.3 Å². The van der Waals surface area contributed by atoms with Gasteiger partial charge in [-0.25, -0.2) is 0 Å². The first-order chi connectivity index (χ1) is 4.93. The fraction of sp³-hybridized carbons (Fsp3) is 0. The second-order valence-electron chi connectivity index (χ2n) is 1.47. The highest BCUT2D eigenvalue weighted by molar-refractivity contribution is 5.74. The fourth-order valence-electron chi connectivity index (χ4n) is 0.506. The minimum absolute atomic E-state index is 0.604. The molecule has 0 atom stereocenters. The molecule has 0 aliphatic carbocycles. The van der Waals surface area contributed by atoms with E-state index in [0.717, 1.165) is 0 Å². The summed E-state index contributed by atoms with van der Waals surface area (Å²) >= 11 is 0. The van der Waals surface area contributed by atoms with Crippen LogP contribution in [0.5, 0.6) is 0 Å². The highest BCUT2D eigenvalue weighted by Gasteiger charge is 1.81. The Hall–Kier alpha value is -1.44. The molecule has 0 aromatic heterocycles. The average molecular weight is 134 g/mol. The second kappa shape index (κ2) is 5.69. The van der Waals surface area contributed by atoms with Crippen molar-refractivity contribution in [3.8, 4) is 0 Å². The molecule has 10 heavy (non-hydrogen) atoms. The second-order valence-corrected chi connectivity index (χ2v) is 1.47. The van der Waals surface area contributed by atoms with Gasteiger partial charge in [0.2, 0.25) is 6.29 Å². The third-order valence-electron chi connectivity index (χ3n) is 0.892. The number of carbonyl (C=O) groups excluding carboxylic acids is 2. The number of rotatable bonds is 1. The van der Waals surface area contributed by atoms with E-state index in [1.54, 1.807) is 30.6 Å². The van der Waals surface area contributed by atoms with E-state index in [9.17, 15) is 4.79 Å². The lowest BCUT2D eigenvalue weighted by molar-refractivity contribution is 0.562. The van der Waals surface area contributed by atoms with Crippen LogP contribution in [0.3, 0.4) is 0 Å². The Morgan fingerprint density at radius 3 is 1.90 bits per heavy atom. The Kier molecular flexibility index (Phi) is 4.87. The number of hydrogen-bond acceptors (Lipinski definition) is 2. The van der Waals surface area contributed by atoms with Gasteiger partial charge in [0.25, 0.3) is 0 Å². The van der Waals surface area contributed by atoms with Crippen molar-refractivity contribution in [2.75, 3.05) is 0 Å². The molecule has 0 saturated carbocycles. The summed E-state index contributed by atoms with van der Waals surface area (Å²) in [6.45, 7) is 3.25. The van der Waals surface area contributed by atoms with E-state index in [-0.39, 0.29) is 0 Å². The van der Waals surface area contributed by atoms with Crippen LogP contribution in [0.15, 0.2) is 30.3 Å². The molecule has 1 aromatic rings. The van der Waals surface area contributed by atoms with Gasteiger partial charge in [0, 0.05) is 5.56 Å². The van der Waals surface area contributed by atoms with Crippen LogP contribution in [0.1, 0.15) is 5.56 Å². The number of benzene rings is 1. The lowest BCUT2D eigenvalue weighted by Gasteiger charge is -1.80. The molecule has 0 amide bonds. The average Bonchev–Trinajstić information content (AvgIpc) is 2.10. The van der Waals surface area contributed by atoms with E-state index in [4.69, 9.17) is 4.79 Å². The number of hydrogen-bond donors (Lipinski definition) is 0. The van der Waals surface area contributed by atoms with Crippen molar-refractivity contribution in [3.63, 3.8) is 0 Å². The molecule has 0 fully saturated rings. The SMILES string of the molecule is O=[C]c1ccccc1.[CH]=O. The summed E-state index contributed by atoms with van der Waals surface area (Å²) < 4.78 is 0. The zero-order chi connectivity index (χ0) is 7.82. The van der Waals surface area contributed by atoms with Crippen LogP contribution in [0.2, 0.25) is 0 Å². The summed E-state index contributed by atoms with van der Waals surface area (Å²) in [5, 5.41) is 0. The van der Waals surface area contributed by atoms with Gasteiger partial charge in [-0.15, -0.1) is 0 Å². The van der Waals surface area contributed by atoms with Crippen LogP contribution < -0.4 is 0 Å². The smallest absolute Gasteiger partial charge is 0.233 e. The van der Waals surface area contributed by atoms with Gasteiger partial charge < -0.3 is 0 Å². The van der Waals surface area contributed by atoms with E-state index >= 15 is 0 Å². The van der Waals surface area contributed by atoms with Crippen molar-refractivity contribution in [2.45, 2.75) is 0 Å². The minimum atomic E-state index is 0.604. The van der Waals surface area contributed by atoms with Crippen LogP contribution in [-0.4, -0.2) is 13.1 Å². The third kappa shape index (κ3) is 2.77. The first-order valence-corrected chi connectivity index (χ1v) is 2.60. The predicted octanol–water partition coefficient (Wildman–Crippen LogP) is 0.870. The summed E-state index contributed by atoms with van der Waals surface area (Å²) in [6.07, 6.45) is 1.78. The van der Waals surface area contributed by atoms with Gasteiger partial charge >= 0.3 is 0 Å². The van der Waals surface area contributed by atoms with Crippen LogP contribution in [0.4, 0.5) is 0 Å². The first-order valence-electron chi connectivity index (χ1n) is 2.60. The lowest BCUT2D eigenvalue weighted by atomic mass is 10.2. The zero-order valence-corrected chi connectivity index (χ0v) is 5.28. The van der Waals surface area contributed by atoms with E-state index in [2.05, 4.69) is 6.79 Å². The van der Waals surface area contributed by atoms with E-state index in [0.29, 0.717) is 5.56 Å². The summed E-state index contributed by atoms with van der Waals surface area (Å²) in [5.74, 6) is 0. The molecular formula is C8H6O2. The fourth-order valence-corrected chi connectivity index (χ4v) is 0.506. The Morgan fingerprint density at radius 2 is 1.60 bits per heavy atom. The van der Waals surface area contributed by atoms with Crippen molar-refractivity contribution in [2.24, 2.45) is 0 Å². The molecule has 1 aromatic carbocycles. The van der Waals surface area contributed by atoms with Gasteiger partial charge in [-0.05, 0) is 0 Å². The van der Waals surface area contributed by atoms with Crippen molar-refractivity contribution in [1.82, 2.24) is 0 Å². The Bertz CT molecular complexity index is 182. The molecule has 1 rings (SSSR count). The summed E-state index contributed by atoms with van der Waals surface area (Å²) in [7, 11) is 0. The molecule has 0 spiro atoms. The van der Waals surface area contributed by atoms with Crippen molar-refractivity contribution in [3.05, 3.63) is 35.9 Å². The van der Waals surface area contributed by atoms with Crippen molar-refractivity contribution < 1.29 is 9.59 Å². The molecule has 0 bridgehead atoms. The third-order valence-corrected chi connectivity index (χ3v) is 0.892. The maximum Gasteiger partial charge on any atom is 0.233 e. The predicted molar refractivity (Wildman–Crippen MR) is 38.0 cm³/mol. The van der Waals surface area contributed by atoms with E-state index in [1.165, 1.54) is 0 Å². The standard InChI is InChI=1S/C7H5O.CHO/c8-6-7-4-2-1-3-5-7;1-2/h1-5H;1H. The van der Waals surface area contributed by atoms with Crippen LogP contribution >= 0.6 is 0 Å². The Balaban J connectivity index is 0.000000371. The maximum absolute atomic E-state index is 9.88. The molecule has 50 valence electrons. The van der Waals surface area contributed by atoms with Crippen molar-refractivity contribution >= 4 is 13.1 Å².